The predicted octanol–water partition coefficient (Wildman–Crippen LogP) is 4.89. The van der Waals surface area contributed by atoms with Crippen molar-refractivity contribution in [2.75, 3.05) is 13.1 Å². The maximum atomic E-state index is 13.9. The van der Waals surface area contributed by atoms with E-state index in [1.165, 1.54) is 12.1 Å². The fourth-order valence-corrected chi connectivity index (χ4v) is 4.07. The van der Waals surface area contributed by atoms with Crippen molar-refractivity contribution < 1.29 is 13.6 Å². The molecule has 150 valence electrons. The Hall–Kier alpha value is -1.98. The van der Waals surface area contributed by atoms with Gasteiger partial charge in [0.05, 0.1) is 12.5 Å². The zero-order valence-corrected chi connectivity index (χ0v) is 16.9. The van der Waals surface area contributed by atoms with Gasteiger partial charge in [-0.25, -0.2) is 8.78 Å². The third-order valence-corrected chi connectivity index (χ3v) is 5.89. The minimum atomic E-state index is -0.917. The number of benzene rings is 2. The van der Waals surface area contributed by atoms with Gasteiger partial charge < -0.3 is 5.32 Å². The summed E-state index contributed by atoms with van der Waals surface area (Å²) < 4.78 is 27.4. The predicted molar refractivity (Wildman–Crippen MR) is 107 cm³/mol. The maximum Gasteiger partial charge on any atom is 0.225 e. The summed E-state index contributed by atoms with van der Waals surface area (Å²) in [5, 5.41) is 3.57. The molecule has 0 spiro atoms. The van der Waals surface area contributed by atoms with Gasteiger partial charge in [-0.1, -0.05) is 35.9 Å². The van der Waals surface area contributed by atoms with Gasteiger partial charge in [0.25, 0.3) is 0 Å². The molecule has 1 aliphatic rings. The molecule has 0 saturated carbocycles. The van der Waals surface area contributed by atoms with Crippen molar-refractivity contribution in [1.29, 1.82) is 0 Å². The summed E-state index contributed by atoms with van der Waals surface area (Å²) in [7, 11) is 0. The average molecular weight is 407 g/mol. The van der Waals surface area contributed by atoms with Crippen LogP contribution in [0.15, 0.2) is 42.5 Å². The van der Waals surface area contributed by atoms with Crippen LogP contribution in [0.25, 0.3) is 0 Å². The monoisotopic (exact) mass is 406 g/mol. The van der Waals surface area contributed by atoms with Crippen LogP contribution in [0.1, 0.15) is 43.9 Å². The Kier molecular flexibility index (Phi) is 6.36. The van der Waals surface area contributed by atoms with Gasteiger partial charge in [0, 0.05) is 10.6 Å². The van der Waals surface area contributed by atoms with Crippen LogP contribution < -0.4 is 5.32 Å². The van der Waals surface area contributed by atoms with Crippen LogP contribution >= 0.6 is 11.6 Å². The van der Waals surface area contributed by atoms with Crippen molar-refractivity contribution in [3.8, 4) is 0 Å². The SMILES string of the molecule is CC(C)(C(NC(=O)Cc1ccccc1Cl)c1ccc(F)c(F)c1)N1CCCC1. The number of halogens is 3. The van der Waals surface area contributed by atoms with Gasteiger partial charge in [0.1, 0.15) is 0 Å². The Labute approximate surface area is 169 Å². The van der Waals surface area contributed by atoms with Crippen LogP contribution in [0.5, 0.6) is 0 Å². The molecule has 1 unspecified atom stereocenters. The Morgan fingerprint density at radius 2 is 1.82 bits per heavy atom. The lowest BCUT2D eigenvalue weighted by molar-refractivity contribution is -0.122. The number of carbonyl (C=O) groups is 1. The second-order valence-corrected chi connectivity index (χ2v) is 8.20. The third kappa shape index (κ3) is 4.53. The van der Waals surface area contributed by atoms with Crippen molar-refractivity contribution in [1.82, 2.24) is 10.2 Å². The van der Waals surface area contributed by atoms with Gasteiger partial charge >= 0.3 is 0 Å². The second kappa shape index (κ2) is 8.58. The summed E-state index contributed by atoms with van der Waals surface area (Å²) in [4.78, 5) is 15.1. The Balaban J connectivity index is 1.88. The number of nitrogens with one attached hydrogen (secondary N) is 1. The number of likely N-dealkylation sites (tertiary alicyclic amines) is 1. The van der Waals surface area contributed by atoms with E-state index >= 15 is 0 Å². The van der Waals surface area contributed by atoms with Crippen molar-refractivity contribution in [3.05, 3.63) is 70.2 Å². The first-order chi connectivity index (χ1) is 13.3. The van der Waals surface area contributed by atoms with E-state index in [0.29, 0.717) is 10.6 Å². The fraction of sp³-hybridized carbons (Fsp3) is 0.409. The molecule has 0 radical (unpaired) electrons. The number of nitrogens with zero attached hydrogens (tertiary/aromatic N) is 1. The number of hydrogen-bond donors (Lipinski definition) is 1. The van der Waals surface area contributed by atoms with Crippen molar-refractivity contribution >= 4 is 17.5 Å². The molecule has 0 aliphatic carbocycles. The van der Waals surface area contributed by atoms with Gasteiger partial charge in [0.15, 0.2) is 11.6 Å². The van der Waals surface area contributed by atoms with E-state index in [2.05, 4.69) is 10.2 Å². The fourth-order valence-electron chi connectivity index (χ4n) is 3.86. The molecule has 6 heteroatoms. The summed E-state index contributed by atoms with van der Waals surface area (Å²) >= 11 is 6.17. The molecular weight excluding hydrogens is 382 g/mol. The van der Waals surface area contributed by atoms with E-state index in [0.717, 1.165) is 37.6 Å². The molecule has 0 aromatic heterocycles. The summed E-state index contributed by atoms with van der Waals surface area (Å²) in [6.45, 7) is 5.88. The van der Waals surface area contributed by atoms with Crippen molar-refractivity contribution in [2.45, 2.75) is 44.7 Å². The minimum absolute atomic E-state index is 0.121. The summed E-state index contributed by atoms with van der Waals surface area (Å²) in [5.74, 6) is -2.03. The van der Waals surface area contributed by atoms with E-state index < -0.39 is 23.2 Å². The van der Waals surface area contributed by atoms with Gasteiger partial charge in [0.2, 0.25) is 5.91 Å². The van der Waals surface area contributed by atoms with Gasteiger partial charge in [-0.15, -0.1) is 0 Å². The third-order valence-electron chi connectivity index (χ3n) is 5.52. The normalized spacial score (nSPS) is 16.2. The molecule has 2 aromatic carbocycles. The Morgan fingerprint density at radius 1 is 1.14 bits per heavy atom. The number of rotatable bonds is 6. The molecule has 1 N–H and O–H groups in total. The number of carbonyl (C=O) groups excluding carboxylic acids is 1. The molecular formula is C22H25ClF2N2O. The smallest absolute Gasteiger partial charge is 0.225 e. The summed E-state index contributed by atoms with van der Waals surface area (Å²) in [6, 6.07) is 10.5. The number of hydrogen-bond acceptors (Lipinski definition) is 2. The van der Waals surface area contributed by atoms with Crippen LogP contribution in [0.2, 0.25) is 5.02 Å². The maximum absolute atomic E-state index is 13.9. The van der Waals surface area contributed by atoms with E-state index in [4.69, 9.17) is 11.6 Å². The quantitative estimate of drug-likeness (QED) is 0.740. The van der Waals surface area contributed by atoms with Crippen LogP contribution in [0.4, 0.5) is 8.78 Å². The highest BCUT2D eigenvalue weighted by atomic mass is 35.5. The minimum Gasteiger partial charge on any atom is -0.347 e. The molecule has 3 rings (SSSR count). The van der Waals surface area contributed by atoms with Crippen LogP contribution in [0, 0.1) is 11.6 Å². The first-order valence-corrected chi connectivity index (χ1v) is 9.89. The summed E-state index contributed by atoms with van der Waals surface area (Å²) in [6.07, 6.45) is 2.29. The van der Waals surface area contributed by atoms with Crippen LogP contribution in [0.3, 0.4) is 0 Å². The first kappa shape index (κ1) is 20.7. The van der Waals surface area contributed by atoms with Gasteiger partial charge in [-0.2, -0.15) is 0 Å². The highest BCUT2D eigenvalue weighted by molar-refractivity contribution is 6.31. The topological polar surface area (TPSA) is 32.3 Å². The molecule has 1 amide bonds. The van der Waals surface area contributed by atoms with Crippen LogP contribution in [-0.4, -0.2) is 29.4 Å². The highest BCUT2D eigenvalue weighted by Gasteiger charge is 2.39. The lowest BCUT2D eigenvalue weighted by atomic mass is 9.86. The molecule has 2 aromatic rings. The second-order valence-electron chi connectivity index (χ2n) is 7.79. The molecule has 1 saturated heterocycles. The molecule has 1 heterocycles. The first-order valence-electron chi connectivity index (χ1n) is 9.52. The molecule has 1 aliphatic heterocycles. The molecule has 1 atom stereocenters. The van der Waals surface area contributed by atoms with Crippen molar-refractivity contribution in [3.63, 3.8) is 0 Å². The standard InChI is InChI=1S/C22H25ClF2N2O/c1-22(2,27-11-5-6-12-27)21(16-9-10-18(24)19(25)13-16)26-20(28)14-15-7-3-4-8-17(15)23/h3-4,7-10,13,21H,5-6,11-12,14H2,1-2H3,(H,26,28). The lowest BCUT2D eigenvalue weighted by Gasteiger charge is -2.42. The summed E-state index contributed by atoms with van der Waals surface area (Å²) in [5.41, 5.74) is 0.810. The Morgan fingerprint density at radius 3 is 2.46 bits per heavy atom. The van der Waals surface area contributed by atoms with Gasteiger partial charge in [-0.05, 0) is 69.1 Å². The average Bonchev–Trinajstić information content (AvgIpc) is 3.20. The van der Waals surface area contributed by atoms with E-state index in [-0.39, 0.29) is 12.3 Å². The molecule has 1 fully saturated rings. The van der Waals surface area contributed by atoms with E-state index in [9.17, 15) is 13.6 Å². The van der Waals surface area contributed by atoms with E-state index in [1.54, 1.807) is 12.1 Å². The van der Waals surface area contributed by atoms with E-state index in [1.807, 2.05) is 26.0 Å². The zero-order chi connectivity index (χ0) is 20.3. The molecule has 28 heavy (non-hydrogen) atoms. The highest BCUT2D eigenvalue weighted by Crippen LogP contribution is 2.34. The van der Waals surface area contributed by atoms with Gasteiger partial charge in [-0.3, -0.25) is 9.69 Å². The number of amides is 1. The molecule has 0 bridgehead atoms. The van der Waals surface area contributed by atoms with Crippen LogP contribution in [-0.2, 0) is 11.2 Å². The van der Waals surface area contributed by atoms with Crippen molar-refractivity contribution in [2.24, 2.45) is 0 Å². The Bertz CT molecular complexity index is 850. The largest absolute Gasteiger partial charge is 0.347 e. The lowest BCUT2D eigenvalue weighted by Crippen LogP contribution is -2.53. The molecule has 3 nitrogen and oxygen atoms in total. The zero-order valence-electron chi connectivity index (χ0n) is 16.1.